The number of nitrogens with zero attached hydrogens (tertiary/aromatic N) is 2. The molecule has 2 heteroatoms. The monoisotopic (exact) mass is 318 g/mol. The van der Waals surface area contributed by atoms with E-state index in [1.807, 2.05) is 18.6 Å². The van der Waals surface area contributed by atoms with Crippen LogP contribution in [0.2, 0.25) is 0 Å². The predicted octanol–water partition coefficient (Wildman–Crippen LogP) is 6.86. The van der Waals surface area contributed by atoms with E-state index in [1.165, 1.54) is 64.2 Å². The predicted molar refractivity (Wildman–Crippen MR) is 106 cm³/mol. The molecule has 0 aliphatic heterocycles. The second kappa shape index (κ2) is 14.3. The molecule has 132 valence electrons. The van der Waals surface area contributed by atoms with Crippen LogP contribution in [-0.2, 0) is 0 Å². The highest BCUT2D eigenvalue weighted by Gasteiger charge is 2.27. The first-order valence-electron chi connectivity index (χ1n) is 9.36. The smallest absolute Gasteiger partial charge is 0.0430 e. The van der Waals surface area contributed by atoms with Gasteiger partial charge in [-0.3, -0.25) is 4.99 Å². The van der Waals surface area contributed by atoms with Crippen molar-refractivity contribution in [3.8, 4) is 0 Å². The van der Waals surface area contributed by atoms with Crippen LogP contribution >= 0.6 is 0 Å². The topological polar surface area (TPSA) is 15.6 Å². The molecule has 0 fully saturated rings. The van der Waals surface area contributed by atoms with Crippen LogP contribution in [0.5, 0.6) is 0 Å². The summed E-state index contributed by atoms with van der Waals surface area (Å²) in [5, 5.41) is 0. The molecule has 0 unspecified atom stereocenters. The lowest BCUT2D eigenvalue weighted by molar-refractivity contribution is 0.184. The molecule has 0 heterocycles. The average Bonchev–Trinajstić information content (AvgIpc) is 2.56. The van der Waals surface area contributed by atoms with Gasteiger partial charge in [0, 0.05) is 24.2 Å². The van der Waals surface area contributed by atoms with E-state index in [4.69, 9.17) is 0 Å². The van der Waals surface area contributed by atoms with E-state index in [0.29, 0.717) is 0 Å². The summed E-state index contributed by atoms with van der Waals surface area (Å²) < 4.78 is 0. The zero-order chi connectivity index (χ0) is 17.4. The summed E-state index contributed by atoms with van der Waals surface area (Å²) >= 11 is 0. The highest BCUT2D eigenvalue weighted by molar-refractivity contribution is 5.70. The minimum Gasteiger partial charge on any atom is -0.348 e. The van der Waals surface area contributed by atoms with E-state index >= 15 is 0 Å². The molecule has 0 radical (unpaired) electrons. The summed E-state index contributed by atoms with van der Waals surface area (Å²) in [7, 11) is 0. The van der Waals surface area contributed by atoms with Gasteiger partial charge in [-0.2, -0.15) is 0 Å². The Morgan fingerprint density at radius 1 is 0.913 bits per heavy atom. The number of allylic oxidation sites excluding steroid dienone is 1. The van der Waals surface area contributed by atoms with Gasteiger partial charge in [0.25, 0.3) is 0 Å². The maximum atomic E-state index is 4.20. The minimum atomic E-state index is 0.142. The molecule has 2 nitrogen and oxygen atoms in total. The zero-order valence-corrected chi connectivity index (χ0v) is 15.8. The molecule has 0 aromatic heterocycles. The van der Waals surface area contributed by atoms with Crippen molar-refractivity contribution >= 4 is 6.21 Å². The quantitative estimate of drug-likeness (QED) is 0.238. The fourth-order valence-corrected chi connectivity index (χ4v) is 2.93. The molecule has 23 heavy (non-hydrogen) atoms. The number of aliphatic imine (C=N–C) groups is 1. The second-order valence-electron chi connectivity index (χ2n) is 6.54. The molecular weight excluding hydrogens is 280 g/mol. The van der Waals surface area contributed by atoms with Crippen LogP contribution in [0, 0.1) is 0 Å². The molecule has 0 saturated carbocycles. The molecule has 0 aromatic carbocycles. The lowest BCUT2D eigenvalue weighted by Crippen LogP contribution is -2.39. The summed E-state index contributed by atoms with van der Waals surface area (Å²) in [4.78, 5) is 6.45. The lowest BCUT2D eigenvalue weighted by Gasteiger charge is -2.39. The highest BCUT2D eigenvalue weighted by atomic mass is 15.2. The van der Waals surface area contributed by atoms with Gasteiger partial charge in [-0.15, -0.1) is 0 Å². The summed E-state index contributed by atoms with van der Waals surface area (Å²) in [6.45, 7) is 14.6. The van der Waals surface area contributed by atoms with Crippen molar-refractivity contribution in [2.24, 2.45) is 4.99 Å². The Balaban J connectivity index is 4.79. The Hall–Kier alpha value is -1.31. The average molecular weight is 319 g/mol. The molecule has 0 saturated heterocycles. The largest absolute Gasteiger partial charge is 0.348 e. The van der Waals surface area contributed by atoms with Crippen LogP contribution in [0.3, 0.4) is 0 Å². The number of hydrogen-bond donors (Lipinski definition) is 0. The molecule has 0 amide bonds. The van der Waals surface area contributed by atoms with Crippen LogP contribution in [0.25, 0.3) is 0 Å². The molecule has 0 aliphatic rings. The van der Waals surface area contributed by atoms with Crippen molar-refractivity contribution in [3.05, 3.63) is 37.8 Å². The van der Waals surface area contributed by atoms with Gasteiger partial charge in [0.1, 0.15) is 0 Å². The van der Waals surface area contributed by atoms with E-state index < -0.39 is 0 Å². The van der Waals surface area contributed by atoms with Crippen molar-refractivity contribution in [2.45, 2.75) is 90.5 Å². The number of hydrogen-bond acceptors (Lipinski definition) is 2. The normalized spacial score (nSPS) is 12.1. The van der Waals surface area contributed by atoms with Crippen LogP contribution < -0.4 is 0 Å². The fourth-order valence-electron chi connectivity index (χ4n) is 2.93. The maximum absolute atomic E-state index is 4.20. The van der Waals surface area contributed by atoms with Crippen LogP contribution in [0.1, 0.15) is 85.0 Å². The molecule has 0 bridgehead atoms. The van der Waals surface area contributed by atoms with Gasteiger partial charge >= 0.3 is 0 Å². The third kappa shape index (κ3) is 10.1. The summed E-state index contributed by atoms with van der Waals surface area (Å²) in [6.07, 6.45) is 22.1. The third-order valence-electron chi connectivity index (χ3n) is 4.46. The van der Waals surface area contributed by atoms with Crippen molar-refractivity contribution in [2.75, 3.05) is 0 Å². The lowest BCUT2D eigenvalue weighted by atomic mass is 9.86. The van der Waals surface area contributed by atoms with E-state index in [-0.39, 0.29) is 5.54 Å². The van der Waals surface area contributed by atoms with Crippen molar-refractivity contribution in [1.82, 2.24) is 4.90 Å². The van der Waals surface area contributed by atoms with Gasteiger partial charge in [0.05, 0.1) is 0 Å². The number of rotatable bonds is 15. The summed E-state index contributed by atoms with van der Waals surface area (Å²) in [5.74, 6) is 0. The Morgan fingerprint density at radius 3 is 1.91 bits per heavy atom. The Kier molecular flexibility index (Phi) is 13.5. The molecular formula is C21H38N2. The summed E-state index contributed by atoms with van der Waals surface area (Å²) in [5.41, 5.74) is 0.142. The molecule has 0 aromatic rings. The Bertz CT molecular complexity index is 343. The first-order chi connectivity index (χ1) is 11.1. The highest BCUT2D eigenvalue weighted by Crippen LogP contribution is 2.30. The molecule has 0 atom stereocenters. The molecule has 0 rings (SSSR count). The Labute approximate surface area is 145 Å². The van der Waals surface area contributed by atoms with Crippen molar-refractivity contribution in [1.29, 1.82) is 0 Å². The number of unbranched alkanes of at least 4 members (excludes halogenated alkanes) is 6. The zero-order valence-electron chi connectivity index (χ0n) is 15.8. The van der Waals surface area contributed by atoms with E-state index in [0.717, 1.165) is 0 Å². The first-order valence-corrected chi connectivity index (χ1v) is 9.36. The third-order valence-corrected chi connectivity index (χ3v) is 4.46. The van der Waals surface area contributed by atoms with Gasteiger partial charge in [0.2, 0.25) is 0 Å². The van der Waals surface area contributed by atoms with Crippen molar-refractivity contribution < 1.29 is 0 Å². The van der Waals surface area contributed by atoms with Crippen LogP contribution in [0.4, 0.5) is 0 Å². The van der Waals surface area contributed by atoms with E-state index in [9.17, 15) is 0 Å². The van der Waals surface area contributed by atoms with Crippen LogP contribution in [-0.4, -0.2) is 16.7 Å². The first kappa shape index (κ1) is 21.7. The minimum absolute atomic E-state index is 0.142. The van der Waals surface area contributed by atoms with Gasteiger partial charge in [-0.25, -0.2) is 0 Å². The van der Waals surface area contributed by atoms with E-state index in [2.05, 4.69) is 43.8 Å². The second-order valence-corrected chi connectivity index (χ2v) is 6.54. The molecule has 0 spiro atoms. The SMILES string of the molecule is C=C/C=N\C=C/N(C=C)C(C)(CCCCCC)CCCCCC. The van der Waals surface area contributed by atoms with Gasteiger partial charge < -0.3 is 4.90 Å². The van der Waals surface area contributed by atoms with E-state index in [1.54, 1.807) is 12.3 Å². The fraction of sp³-hybridized carbons (Fsp3) is 0.667. The van der Waals surface area contributed by atoms with Gasteiger partial charge in [-0.05, 0) is 26.0 Å². The van der Waals surface area contributed by atoms with Crippen LogP contribution in [0.15, 0.2) is 42.8 Å². The standard InChI is InChI=1S/C21H38N2/c1-6-10-12-14-16-21(5,17-15-13-11-7-2)23(9-4)20-19-22-18-8-3/h8-9,18-20H,3-4,6-7,10-17H2,1-2,5H3/b20-19-,22-18-. The van der Waals surface area contributed by atoms with Crippen molar-refractivity contribution in [3.63, 3.8) is 0 Å². The Morgan fingerprint density at radius 2 is 1.48 bits per heavy atom. The molecule has 0 N–H and O–H groups in total. The van der Waals surface area contributed by atoms with Gasteiger partial charge in [0.15, 0.2) is 0 Å². The maximum Gasteiger partial charge on any atom is 0.0430 e. The molecule has 0 aliphatic carbocycles. The van der Waals surface area contributed by atoms with Gasteiger partial charge in [-0.1, -0.05) is 84.4 Å². The summed E-state index contributed by atoms with van der Waals surface area (Å²) in [6, 6.07) is 0.